The Hall–Kier alpha value is -1.72. The number of carbonyl (C=O) groups is 2. The van der Waals surface area contributed by atoms with Crippen molar-refractivity contribution in [3.8, 4) is 0 Å². The Kier molecular flexibility index (Phi) is 11.0. The minimum absolute atomic E-state index is 0.00720. The van der Waals surface area contributed by atoms with Crippen molar-refractivity contribution in [1.29, 1.82) is 0 Å². The highest BCUT2D eigenvalue weighted by Crippen LogP contribution is 2.76. The number of carboxylic acids is 1. The molecule has 0 spiro atoms. The van der Waals surface area contributed by atoms with Crippen LogP contribution in [0, 0.1) is 56.7 Å². The Labute approximate surface area is 329 Å². The molecule has 2 aliphatic heterocycles. The lowest BCUT2D eigenvalue weighted by Gasteiger charge is -2.70. The lowest BCUT2D eigenvalue weighted by molar-refractivity contribution is -0.324. The number of ether oxygens (including phenoxy) is 4. The third kappa shape index (κ3) is 5.85. The summed E-state index contributed by atoms with van der Waals surface area (Å²) in [5, 5.41) is 84.5. The molecule has 2 saturated heterocycles. The van der Waals surface area contributed by atoms with E-state index < -0.39 is 108 Å². The summed E-state index contributed by atoms with van der Waals surface area (Å²) in [6, 6.07) is 0. The van der Waals surface area contributed by atoms with Crippen LogP contribution in [0.3, 0.4) is 0 Å². The quantitative estimate of drug-likeness (QED) is 0.110. The van der Waals surface area contributed by atoms with Crippen LogP contribution in [0.15, 0.2) is 11.6 Å². The summed E-state index contributed by atoms with van der Waals surface area (Å²) in [5.74, 6) is -1.73. The summed E-state index contributed by atoms with van der Waals surface area (Å²) in [4.78, 5) is 28.8. The summed E-state index contributed by atoms with van der Waals surface area (Å²) < 4.78 is 23.9. The lowest BCUT2D eigenvalue weighted by atomic mass is 9.33. The van der Waals surface area contributed by atoms with Gasteiger partial charge in [-0.3, -0.25) is 9.59 Å². The SMILES string of the molecule is C[C@@H]1CCC2(C(=O)OC3O[C@H](CO)[C@@H](O)[C@H](O)[C@H]3O)CC[C@]3(C(=O)O)C(=CCC4[C@@]5(C)CCC(OC6O[C@H](C)[C@@H](O)[C@H](O)[C@H]6O)C(C)(C)C5CC[C@]43C)C2[C@H]1C. The fraction of sp³-hybridized carbons (Fsp3) is 0.905. The third-order valence-corrected chi connectivity index (χ3v) is 17.3. The van der Waals surface area contributed by atoms with E-state index in [0.717, 1.165) is 18.4 Å². The van der Waals surface area contributed by atoms with E-state index in [0.29, 0.717) is 32.1 Å². The highest BCUT2D eigenvalue weighted by molar-refractivity contribution is 5.85. The monoisotopic (exact) mass is 794 g/mol. The number of fused-ring (bicyclic) bond motifs is 7. The molecule has 4 saturated carbocycles. The van der Waals surface area contributed by atoms with E-state index in [1.807, 2.05) is 0 Å². The molecule has 20 atom stereocenters. The molecule has 2 heterocycles. The highest BCUT2D eigenvalue weighted by Gasteiger charge is 2.74. The summed E-state index contributed by atoms with van der Waals surface area (Å²) in [6.07, 6.45) is -6.91. The predicted molar refractivity (Wildman–Crippen MR) is 198 cm³/mol. The van der Waals surface area contributed by atoms with Crippen LogP contribution in [-0.4, -0.2) is 127 Å². The predicted octanol–water partition coefficient (Wildman–Crippen LogP) is 2.26. The Morgan fingerprint density at radius 1 is 0.768 bits per heavy atom. The number of carbonyl (C=O) groups excluding carboxylic acids is 1. The molecule has 14 heteroatoms. The van der Waals surface area contributed by atoms with Gasteiger partial charge < -0.3 is 59.8 Å². The van der Waals surface area contributed by atoms with E-state index in [4.69, 9.17) is 18.9 Å². The Morgan fingerprint density at radius 3 is 2.09 bits per heavy atom. The van der Waals surface area contributed by atoms with Crippen LogP contribution in [0.4, 0.5) is 0 Å². The first-order chi connectivity index (χ1) is 26.1. The number of allylic oxidation sites excluding steroid dienone is 1. The number of aliphatic carboxylic acids is 1. The lowest BCUT2D eigenvalue weighted by Crippen LogP contribution is -2.68. The number of rotatable bonds is 6. The van der Waals surface area contributed by atoms with Crippen molar-refractivity contribution in [1.82, 2.24) is 0 Å². The average Bonchev–Trinajstić information content (AvgIpc) is 3.14. The van der Waals surface area contributed by atoms with Gasteiger partial charge in [-0.05, 0) is 111 Å². The molecule has 0 radical (unpaired) electrons. The van der Waals surface area contributed by atoms with E-state index in [1.165, 1.54) is 0 Å². The van der Waals surface area contributed by atoms with E-state index in [1.54, 1.807) is 6.92 Å². The van der Waals surface area contributed by atoms with Crippen LogP contribution < -0.4 is 0 Å². The largest absolute Gasteiger partial charge is 0.481 e. The molecule has 5 aliphatic carbocycles. The molecule has 7 unspecified atom stereocenters. The van der Waals surface area contributed by atoms with Crippen molar-refractivity contribution in [3.63, 3.8) is 0 Å². The highest BCUT2D eigenvalue weighted by atomic mass is 16.7. The van der Waals surface area contributed by atoms with Gasteiger partial charge in [0, 0.05) is 0 Å². The molecular formula is C42H66O14. The normalized spacial score (nSPS) is 54.0. The van der Waals surface area contributed by atoms with Gasteiger partial charge in [0.15, 0.2) is 6.29 Å². The zero-order chi connectivity index (χ0) is 41.1. The summed E-state index contributed by atoms with van der Waals surface area (Å²) in [7, 11) is 0. The third-order valence-electron chi connectivity index (χ3n) is 17.3. The molecule has 318 valence electrons. The first kappa shape index (κ1) is 42.4. The topological polar surface area (TPSA) is 233 Å². The zero-order valence-corrected chi connectivity index (χ0v) is 33.9. The van der Waals surface area contributed by atoms with Gasteiger partial charge in [0.05, 0.1) is 29.6 Å². The van der Waals surface area contributed by atoms with Gasteiger partial charge in [-0.25, -0.2) is 0 Å². The van der Waals surface area contributed by atoms with E-state index in [9.17, 15) is 50.4 Å². The molecule has 7 rings (SSSR count). The maximum absolute atomic E-state index is 14.6. The van der Waals surface area contributed by atoms with Gasteiger partial charge in [0.1, 0.15) is 42.7 Å². The van der Waals surface area contributed by atoms with Crippen LogP contribution in [0.1, 0.15) is 106 Å². The summed E-state index contributed by atoms with van der Waals surface area (Å²) >= 11 is 0. The molecule has 7 aliphatic rings. The van der Waals surface area contributed by atoms with Crippen molar-refractivity contribution < 1.29 is 69.4 Å². The number of aliphatic hydroxyl groups excluding tert-OH is 7. The van der Waals surface area contributed by atoms with E-state index in [-0.39, 0.29) is 48.0 Å². The molecule has 0 aromatic carbocycles. The van der Waals surface area contributed by atoms with Crippen LogP contribution in [-0.2, 0) is 28.5 Å². The van der Waals surface area contributed by atoms with Crippen molar-refractivity contribution in [3.05, 3.63) is 11.6 Å². The second-order valence-corrected chi connectivity index (χ2v) is 20.0. The molecular weight excluding hydrogens is 728 g/mol. The number of esters is 1. The zero-order valence-electron chi connectivity index (χ0n) is 33.9. The smallest absolute Gasteiger partial charge is 0.315 e. The van der Waals surface area contributed by atoms with E-state index >= 15 is 0 Å². The standard InChI is InChI=1S/C42H66O14/c1-19-10-15-41(37(52)56-35-33(49)31(47)29(45)23(18-43)54-35)16-17-42(36(50)51)22(27(41)20(19)2)8-9-25-39(6)13-12-26(38(4,5)24(39)11-14-40(25,42)7)55-34-32(48)30(46)28(44)21(3)53-34/h8,19-21,23-35,43-49H,9-18H2,1-7H3,(H,50,51)/t19-,20+,21-,23-,24?,25?,26?,27?,28-,29-,30+,31+,32-,33-,34?,35?,39+,40-,41?,42-/m1/s1. The second kappa shape index (κ2) is 14.5. The van der Waals surface area contributed by atoms with Crippen molar-refractivity contribution >= 4 is 11.9 Å². The Morgan fingerprint density at radius 2 is 1.43 bits per heavy atom. The molecule has 0 aromatic rings. The summed E-state index contributed by atoms with van der Waals surface area (Å²) in [6.45, 7) is 14.0. The van der Waals surface area contributed by atoms with Gasteiger partial charge in [-0.1, -0.05) is 53.2 Å². The van der Waals surface area contributed by atoms with Gasteiger partial charge in [0.25, 0.3) is 0 Å². The fourth-order valence-corrected chi connectivity index (χ4v) is 13.9. The molecule has 8 N–H and O–H groups in total. The second-order valence-electron chi connectivity index (χ2n) is 20.0. The number of aliphatic hydroxyl groups is 7. The molecule has 0 bridgehead atoms. The maximum atomic E-state index is 14.6. The summed E-state index contributed by atoms with van der Waals surface area (Å²) in [5.41, 5.74) is -2.93. The first-order valence-corrected chi connectivity index (χ1v) is 20.9. The molecule has 56 heavy (non-hydrogen) atoms. The fourth-order valence-electron chi connectivity index (χ4n) is 13.9. The Balaban J connectivity index is 1.21. The maximum Gasteiger partial charge on any atom is 0.315 e. The first-order valence-electron chi connectivity index (χ1n) is 20.9. The van der Waals surface area contributed by atoms with E-state index in [2.05, 4.69) is 47.6 Å². The van der Waals surface area contributed by atoms with Crippen molar-refractivity contribution in [2.75, 3.05) is 6.61 Å². The van der Waals surface area contributed by atoms with Gasteiger partial charge in [-0.15, -0.1) is 0 Å². The molecule has 0 aromatic heterocycles. The minimum atomic E-state index is -1.74. The average molecular weight is 795 g/mol. The molecule has 0 amide bonds. The van der Waals surface area contributed by atoms with Gasteiger partial charge in [-0.2, -0.15) is 0 Å². The minimum Gasteiger partial charge on any atom is -0.481 e. The van der Waals surface area contributed by atoms with Crippen LogP contribution >= 0.6 is 0 Å². The van der Waals surface area contributed by atoms with Crippen molar-refractivity contribution in [2.24, 2.45) is 56.7 Å². The van der Waals surface area contributed by atoms with Gasteiger partial charge in [0.2, 0.25) is 6.29 Å². The number of carboxylic acid groups (broad SMARTS) is 1. The molecule has 6 fully saturated rings. The number of hydrogen-bond acceptors (Lipinski definition) is 13. The van der Waals surface area contributed by atoms with Crippen molar-refractivity contribution in [2.45, 2.75) is 174 Å². The Bertz CT molecular complexity index is 1550. The number of hydrogen-bond donors (Lipinski definition) is 8. The van der Waals surface area contributed by atoms with Crippen LogP contribution in [0.2, 0.25) is 0 Å². The van der Waals surface area contributed by atoms with Gasteiger partial charge >= 0.3 is 11.9 Å². The van der Waals surface area contributed by atoms with Crippen LogP contribution in [0.25, 0.3) is 0 Å². The molecule has 14 nitrogen and oxygen atoms in total. The van der Waals surface area contributed by atoms with Crippen LogP contribution in [0.5, 0.6) is 0 Å².